The SMILES string of the molecule is COc1ccc(C)cc1CC(O)c1nccn1C. The summed E-state index contributed by atoms with van der Waals surface area (Å²) in [5.74, 6) is 1.47. The molecule has 96 valence electrons. The lowest BCUT2D eigenvalue weighted by Crippen LogP contribution is -2.09. The first-order chi connectivity index (χ1) is 8.61. The minimum absolute atomic E-state index is 0.496. The van der Waals surface area contributed by atoms with Crippen molar-refractivity contribution in [3.63, 3.8) is 0 Å². The summed E-state index contributed by atoms with van der Waals surface area (Å²) in [4.78, 5) is 4.16. The highest BCUT2D eigenvalue weighted by Gasteiger charge is 2.15. The standard InChI is InChI=1S/C14H18N2O2/c1-10-4-5-13(18-3)11(8-10)9-12(17)14-15-6-7-16(14)2/h4-8,12,17H,9H2,1-3H3. The van der Waals surface area contributed by atoms with Crippen molar-refractivity contribution in [1.82, 2.24) is 9.55 Å². The maximum atomic E-state index is 10.2. The van der Waals surface area contributed by atoms with E-state index in [-0.39, 0.29) is 0 Å². The smallest absolute Gasteiger partial charge is 0.137 e. The number of rotatable bonds is 4. The summed E-state index contributed by atoms with van der Waals surface area (Å²) in [6.45, 7) is 2.02. The number of benzene rings is 1. The van der Waals surface area contributed by atoms with Gasteiger partial charge >= 0.3 is 0 Å². The van der Waals surface area contributed by atoms with Gasteiger partial charge in [0.15, 0.2) is 0 Å². The molecule has 1 aromatic heterocycles. The van der Waals surface area contributed by atoms with Gasteiger partial charge in [0, 0.05) is 25.9 Å². The van der Waals surface area contributed by atoms with Crippen molar-refractivity contribution >= 4 is 0 Å². The van der Waals surface area contributed by atoms with Crippen LogP contribution in [0.5, 0.6) is 5.75 Å². The van der Waals surface area contributed by atoms with E-state index in [1.165, 1.54) is 0 Å². The summed E-state index contributed by atoms with van der Waals surface area (Å²) in [6, 6.07) is 5.95. The largest absolute Gasteiger partial charge is 0.496 e. The van der Waals surface area contributed by atoms with E-state index in [0.717, 1.165) is 16.9 Å². The van der Waals surface area contributed by atoms with Crippen molar-refractivity contribution in [3.8, 4) is 5.75 Å². The zero-order valence-corrected chi connectivity index (χ0v) is 10.9. The maximum absolute atomic E-state index is 10.2. The highest BCUT2D eigenvalue weighted by molar-refractivity contribution is 5.37. The Morgan fingerprint density at radius 2 is 2.22 bits per heavy atom. The molecule has 1 heterocycles. The lowest BCUT2D eigenvalue weighted by atomic mass is 10.0. The number of ether oxygens (including phenoxy) is 1. The Bertz CT molecular complexity index is 534. The van der Waals surface area contributed by atoms with Crippen LogP contribution in [0, 0.1) is 6.92 Å². The summed E-state index contributed by atoms with van der Waals surface area (Å²) in [6.07, 6.45) is 3.38. The first-order valence-corrected chi connectivity index (χ1v) is 5.90. The lowest BCUT2D eigenvalue weighted by molar-refractivity contribution is 0.164. The van der Waals surface area contributed by atoms with E-state index in [4.69, 9.17) is 4.74 Å². The molecule has 0 fully saturated rings. The lowest BCUT2D eigenvalue weighted by Gasteiger charge is -2.14. The molecule has 1 unspecified atom stereocenters. The number of methoxy groups -OCH3 is 1. The van der Waals surface area contributed by atoms with Crippen molar-refractivity contribution in [2.45, 2.75) is 19.4 Å². The summed E-state index contributed by atoms with van der Waals surface area (Å²) in [7, 11) is 3.51. The van der Waals surface area contributed by atoms with Gasteiger partial charge in [-0.05, 0) is 18.6 Å². The normalized spacial score (nSPS) is 12.4. The van der Waals surface area contributed by atoms with Gasteiger partial charge in [-0.2, -0.15) is 0 Å². The predicted octanol–water partition coefficient (Wildman–Crippen LogP) is 2.01. The highest BCUT2D eigenvalue weighted by Crippen LogP contribution is 2.25. The second kappa shape index (κ2) is 5.23. The summed E-state index contributed by atoms with van der Waals surface area (Å²) >= 11 is 0. The molecule has 2 aromatic rings. The fourth-order valence-corrected chi connectivity index (χ4v) is 2.06. The fourth-order valence-electron chi connectivity index (χ4n) is 2.06. The predicted molar refractivity (Wildman–Crippen MR) is 69.6 cm³/mol. The van der Waals surface area contributed by atoms with Crippen molar-refractivity contribution in [2.75, 3.05) is 7.11 Å². The van der Waals surface area contributed by atoms with Gasteiger partial charge in [0.25, 0.3) is 0 Å². The molecule has 0 amide bonds. The molecule has 0 saturated heterocycles. The van der Waals surface area contributed by atoms with Gasteiger partial charge in [-0.25, -0.2) is 4.98 Å². The van der Waals surface area contributed by atoms with E-state index >= 15 is 0 Å². The first-order valence-electron chi connectivity index (χ1n) is 5.90. The third kappa shape index (κ3) is 2.54. The average molecular weight is 246 g/mol. The fraction of sp³-hybridized carbons (Fsp3) is 0.357. The molecule has 1 atom stereocenters. The quantitative estimate of drug-likeness (QED) is 0.897. The van der Waals surface area contributed by atoms with Gasteiger partial charge in [-0.1, -0.05) is 17.7 Å². The number of nitrogens with zero attached hydrogens (tertiary/aromatic N) is 2. The molecule has 2 rings (SSSR count). The first kappa shape index (κ1) is 12.6. The molecule has 1 N–H and O–H groups in total. The summed E-state index contributed by atoms with van der Waals surface area (Å²) in [5.41, 5.74) is 2.14. The van der Waals surface area contributed by atoms with Crippen molar-refractivity contribution in [3.05, 3.63) is 47.5 Å². The van der Waals surface area contributed by atoms with E-state index < -0.39 is 6.10 Å². The number of imidazole rings is 1. The molecule has 0 radical (unpaired) electrons. The Morgan fingerprint density at radius 1 is 1.44 bits per heavy atom. The highest BCUT2D eigenvalue weighted by atomic mass is 16.5. The van der Waals surface area contributed by atoms with E-state index in [2.05, 4.69) is 4.98 Å². The Balaban J connectivity index is 2.23. The van der Waals surface area contributed by atoms with Crippen molar-refractivity contribution in [2.24, 2.45) is 7.05 Å². The van der Waals surface area contributed by atoms with Gasteiger partial charge in [0.2, 0.25) is 0 Å². The third-order valence-corrected chi connectivity index (χ3v) is 3.01. The van der Waals surface area contributed by atoms with Gasteiger partial charge < -0.3 is 14.4 Å². The molecule has 0 spiro atoms. The van der Waals surface area contributed by atoms with Crippen LogP contribution in [-0.2, 0) is 13.5 Å². The van der Waals surface area contributed by atoms with Crippen LogP contribution in [0.2, 0.25) is 0 Å². The number of hydrogen-bond donors (Lipinski definition) is 1. The van der Waals surface area contributed by atoms with Gasteiger partial charge in [-0.15, -0.1) is 0 Å². The number of hydrogen-bond acceptors (Lipinski definition) is 3. The number of aliphatic hydroxyl groups excluding tert-OH is 1. The number of aryl methyl sites for hydroxylation is 2. The average Bonchev–Trinajstić information content (AvgIpc) is 2.76. The van der Waals surface area contributed by atoms with Gasteiger partial charge in [0.1, 0.15) is 17.7 Å². The minimum atomic E-state index is -0.624. The Labute approximate surface area is 107 Å². The number of aromatic nitrogens is 2. The summed E-state index contributed by atoms with van der Waals surface area (Å²) < 4.78 is 7.14. The van der Waals surface area contributed by atoms with Gasteiger partial charge in [0.05, 0.1) is 7.11 Å². The van der Waals surface area contributed by atoms with E-state index in [1.807, 2.05) is 42.9 Å². The van der Waals surface area contributed by atoms with Crippen LogP contribution >= 0.6 is 0 Å². The van der Waals surface area contributed by atoms with Crippen LogP contribution < -0.4 is 4.74 Å². The molecule has 1 aromatic carbocycles. The minimum Gasteiger partial charge on any atom is -0.496 e. The van der Waals surface area contributed by atoms with Crippen molar-refractivity contribution in [1.29, 1.82) is 0 Å². The second-order valence-corrected chi connectivity index (χ2v) is 4.43. The molecular formula is C14H18N2O2. The summed E-state index contributed by atoms with van der Waals surface area (Å²) in [5, 5.41) is 10.2. The topological polar surface area (TPSA) is 47.3 Å². The molecule has 0 bridgehead atoms. The molecular weight excluding hydrogens is 228 g/mol. The van der Waals surface area contributed by atoms with Crippen LogP contribution in [0.4, 0.5) is 0 Å². The van der Waals surface area contributed by atoms with E-state index in [1.54, 1.807) is 13.3 Å². The van der Waals surface area contributed by atoms with Crippen LogP contribution in [0.1, 0.15) is 23.1 Å². The molecule has 18 heavy (non-hydrogen) atoms. The Hall–Kier alpha value is -1.81. The molecule has 4 heteroatoms. The van der Waals surface area contributed by atoms with E-state index in [9.17, 15) is 5.11 Å². The second-order valence-electron chi connectivity index (χ2n) is 4.43. The Morgan fingerprint density at radius 3 is 2.83 bits per heavy atom. The molecule has 0 aliphatic rings. The molecule has 0 saturated carbocycles. The van der Waals surface area contributed by atoms with Crippen LogP contribution in [-0.4, -0.2) is 21.8 Å². The van der Waals surface area contributed by atoms with Crippen LogP contribution in [0.25, 0.3) is 0 Å². The maximum Gasteiger partial charge on any atom is 0.137 e. The zero-order valence-electron chi connectivity index (χ0n) is 10.9. The molecule has 0 aliphatic carbocycles. The molecule has 0 aliphatic heterocycles. The molecule has 4 nitrogen and oxygen atoms in total. The monoisotopic (exact) mass is 246 g/mol. The van der Waals surface area contributed by atoms with Crippen LogP contribution in [0.3, 0.4) is 0 Å². The zero-order chi connectivity index (χ0) is 13.1. The Kier molecular flexibility index (Phi) is 3.67. The van der Waals surface area contributed by atoms with Gasteiger partial charge in [-0.3, -0.25) is 0 Å². The van der Waals surface area contributed by atoms with E-state index in [0.29, 0.717) is 12.2 Å². The third-order valence-electron chi connectivity index (χ3n) is 3.01. The van der Waals surface area contributed by atoms with Crippen molar-refractivity contribution < 1.29 is 9.84 Å². The number of aliphatic hydroxyl groups is 1. The van der Waals surface area contributed by atoms with Crippen LogP contribution in [0.15, 0.2) is 30.6 Å².